The molecule has 0 saturated carbocycles. The Kier molecular flexibility index (Phi) is 2.41. The van der Waals surface area contributed by atoms with E-state index in [9.17, 15) is 15.0 Å². The van der Waals surface area contributed by atoms with Gasteiger partial charge in [-0.15, -0.1) is 0 Å². The molecular weight excluding hydrogens is 224 g/mol. The fraction of sp³-hybridized carbons (Fsp3) is 0.417. The molecule has 1 aliphatic rings. The summed E-state index contributed by atoms with van der Waals surface area (Å²) in [5, 5.41) is 19.6. The van der Waals surface area contributed by atoms with Crippen molar-refractivity contribution in [3.8, 4) is 11.5 Å². The third kappa shape index (κ3) is 1.59. The molecular formula is C12H14O5. The number of ether oxygens (including phenoxy) is 2. The van der Waals surface area contributed by atoms with E-state index < -0.39 is 17.2 Å². The summed E-state index contributed by atoms with van der Waals surface area (Å²) in [5.41, 5.74) is -1.28. The van der Waals surface area contributed by atoms with Gasteiger partial charge >= 0.3 is 0 Å². The van der Waals surface area contributed by atoms with Gasteiger partial charge in [0.25, 0.3) is 5.79 Å². The van der Waals surface area contributed by atoms with Crippen molar-refractivity contribution in [2.45, 2.75) is 25.2 Å². The largest absolute Gasteiger partial charge is 0.497 e. The number of fused-ring (bicyclic) bond motifs is 1. The first-order valence-corrected chi connectivity index (χ1v) is 5.16. The molecule has 92 valence electrons. The van der Waals surface area contributed by atoms with Crippen LogP contribution in [0.1, 0.15) is 24.2 Å². The van der Waals surface area contributed by atoms with Gasteiger partial charge in [-0.2, -0.15) is 0 Å². The van der Waals surface area contributed by atoms with Crippen LogP contribution >= 0.6 is 0 Å². The highest BCUT2D eigenvalue weighted by atomic mass is 16.6. The lowest BCUT2D eigenvalue weighted by molar-refractivity contribution is -0.220. The average Bonchev–Trinajstić information content (AvgIpc) is 2.25. The van der Waals surface area contributed by atoms with Crippen LogP contribution in [0.2, 0.25) is 0 Å². The molecule has 1 aromatic rings. The molecule has 0 aromatic heterocycles. The van der Waals surface area contributed by atoms with Crippen molar-refractivity contribution in [3.05, 3.63) is 23.8 Å². The molecule has 0 radical (unpaired) electrons. The molecule has 0 bridgehead atoms. The Labute approximate surface area is 98.6 Å². The van der Waals surface area contributed by atoms with Crippen molar-refractivity contribution >= 4 is 5.78 Å². The Morgan fingerprint density at radius 1 is 1.29 bits per heavy atom. The zero-order chi connectivity index (χ0) is 12.8. The number of hydrogen-bond donors (Lipinski definition) is 2. The highest BCUT2D eigenvalue weighted by Crippen LogP contribution is 2.39. The van der Waals surface area contributed by atoms with Gasteiger partial charge in [0, 0.05) is 6.07 Å². The summed E-state index contributed by atoms with van der Waals surface area (Å²) in [6, 6.07) is 4.56. The minimum absolute atomic E-state index is 0.134. The maximum atomic E-state index is 11.9. The number of methoxy groups -OCH3 is 1. The van der Waals surface area contributed by atoms with Crippen LogP contribution in [0.15, 0.2) is 18.2 Å². The van der Waals surface area contributed by atoms with Crippen LogP contribution in [-0.4, -0.2) is 34.5 Å². The summed E-state index contributed by atoms with van der Waals surface area (Å²) >= 11 is 0. The number of benzene rings is 1. The molecule has 2 N–H and O–H groups in total. The van der Waals surface area contributed by atoms with Gasteiger partial charge in [-0.05, 0) is 26.0 Å². The third-order valence-electron chi connectivity index (χ3n) is 2.95. The highest BCUT2D eigenvalue weighted by Gasteiger charge is 2.55. The third-order valence-corrected chi connectivity index (χ3v) is 2.95. The fourth-order valence-electron chi connectivity index (χ4n) is 1.71. The smallest absolute Gasteiger partial charge is 0.269 e. The first kappa shape index (κ1) is 11.9. The second-order valence-corrected chi connectivity index (χ2v) is 4.48. The van der Waals surface area contributed by atoms with Crippen LogP contribution in [0.25, 0.3) is 0 Å². The zero-order valence-corrected chi connectivity index (χ0v) is 9.85. The van der Waals surface area contributed by atoms with E-state index in [0.717, 1.165) is 0 Å². The molecule has 2 rings (SSSR count). The van der Waals surface area contributed by atoms with Gasteiger partial charge in [-0.25, -0.2) is 0 Å². The van der Waals surface area contributed by atoms with Crippen LogP contribution in [0, 0.1) is 0 Å². The standard InChI is InChI=1S/C12H14O5/c1-11(2)12(14,15)10(13)8-5-4-7(16-3)6-9(8)17-11/h4-6,14-15H,1-3H3. The maximum absolute atomic E-state index is 11.9. The molecule has 5 heteroatoms. The number of carbonyl (C=O) groups is 1. The van der Waals surface area contributed by atoms with Gasteiger partial charge in [0.1, 0.15) is 11.5 Å². The predicted molar refractivity (Wildman–Crippen MR) is 59.2 cm³/mol. The predicted octanol–water partition coefficient (Wildman–Crippen LogP) is 0.730. The monoisotopic (exact) mass is 238 g/mol. The van der Waals surface area contributed by atoms with E-state index in [0.29, 0.717) is 5.75 Å². The van der Waals surface area contributed by atoms with E-state index >= 15 is 0 Å². The van der Waals surface area contributed by atoms with Crippen LogP contribution in [0.5, 0.6) is 11.5 Å². The minimum Gasteiger partial charge on any atom is -0.497 e. The zero-order valence-electron chi connectivity index (χ0n) is 9.85. The van der Waals surface area contributed by atoms with Gasteiger partial charge in [0.2, 0.25) is 5.78 Å². The SMILES string of the molecule is COc1ccc2c(c1)OC(C)(C)C(O)(O)C2=O. The van der Waals surface area contributed by atoms with Crippen molar-refractivity contribution in [3.63, 3.8) is 0 Å². The summed E-state index contributed by atoms with van der Waals surface area (Å²) in [6.07, 6.45) is 0. The molecule has 0 fully saturated rings. The van der Waals surface area contributed by atoms with E-state index in [2.05, 4.69) is 0 Å². The molecule has 1 aromatic carbocycles. The summed E-state index contributed by atoms with van der Waals surface area (Å²) in [5.74, 6) is -2.48. The lowest BCUT2D eigenvalue weighted by Gasteiger charge is -2.41. The number of ketones is 1. The molecule has 0 spiro atoms. The first-order chi connectivity index (χ1) is 7.79. The van der Waals surface area contributed by atoms with E-state index in [1.165, 1.54) is 27.0 Å². The van der Waals surface area contributed by atoms with Crippen LogP contribution < -0.4 is 9.47 Å². The van der Waals surface area contributed by atoms with Gasteiger partial charge in [-0.3, -0.25) is 4.79 Å². The maximum Gasteiger partial charge on any atom is 0.269 e. The lowest BCUT2D eigenvalue weighted by Crippen LogP contribution is -2.61. The molecule has 0 unspecified atom stereocenters. The van der Waals surface area contributed by atoms with Crippen LogP contribution in [0.4, 0.5) is 0 Å². The molecule has 0 atom stereocenters. The highest BCUT2D eigenvalue weighted by molar-refractivity contribution is 6.05. The first-order valence-electron chi connectivity index (χ1n) is 5.16. The summed E-state index contributed by atoms with van der Waals surface area (Å²) in [7, 11) is 1.50. The van der Waals surface area contributed by atoms with E-state index in [1.807, 2.05) is 0 Å². The number of rotatable bonds is 1. The van der Waals surface area contributed by atoms with Gasteiger partial charge < -0.3 is 19.7 Å². The molecule has 1 heterocycles. The van der Waals surface area contributed by atoms with Gasteiger partial charge in [-0.1, -0.05) is 0 Å². The molecule has 1 aliphatic heterocycles. The van der Waals surface area contributed by atoms with Crippen molar-refractivity contribution in [1.82, 2.24) is 0 Å². The quantitative estimate of drug-likeness (QED) is 0.705. The Morgan fingerprint density at radius 3 is 2.53 bits per heavy atom. The number of aliphatic hydroxyl groups is 2. The van der Waals surface area contributed by atoms with E-state index in [4.69, 9.17) is 9.47 Å². The van der Waals surface area contributed by atoms with Crippen molar-refractivity contribution in [2.24, 2.45) is 0 Å². The fourth-order valence-corrected chi connectivity index (χ4v) is 1.71. The normalized spacial score (nSPS) is 20.4. The second kappa shape index (κ2) is 3.45. The van der Waals surface area contributed by atoms with E-state index in [1.54, 1.807) is 12.1 Å². The molecule has 0 saturated heterocycles. The van der Waals surface area contributed by atoms with Crippen LogP contribution in [-0.2, 0) is 0 Å². The van der Waals surface area contributed by atoms with Gasteiger partial charge in [0.15, 0.2) is 5.60 Å². The molecule has 5 nitrogen and oxygen atoms in total. The lowest BCUT2D eigenvalue weighted by atomic mass is 9.86. The van der Waals surface area contributed by atoms with Gasteiger partial charge in [0.05, 0.1) is 12.7 Å². The summed E-state index contributed by atoms with van der Waals surface area (Å²) in [4.78, 5) is 11.9. The number of Topliss-reactive ketones (excluding diaryl/α,β-unsaturated/α-hetero) is 1. The minimum atomic E-state index is -2.53. The van der Waals surface area contributed by atoms with E-state index in [-0.39, 0.29) is 11.3 Å². The Bertz CT molecular complexity index is 476. The van der Waals surface area contributed by atoms with Crippen LogP contribution in [0.3, 0.4) is 0 Å². The molecule has 17 heavy (non-hydrogen) atoms. The summed E-state index contributed by atoms with van der Waals surface area (Å²) < 4.78 is 10.5. The number of hydrogen-bond acceptors (Lipinski definition) is 5. The second-order valence-electron chi connectivity index (χ2n) is 4.48. The summed E-state index contributed by atoms with van der Waals surface area (Å²) in [6.45, 7) is 2.88. The van der Waals surface area contributed by atoms with Crippen molar-refractivity contribution in [1.29, 1.82) is 0 Å². The Morgan fingerprint density at radius 2 is 1.94 bits per heavy atom. The molecule has 0 aliphatic carbocycles. The topological polar surface area (TPSA) is 76.0 Å². The Balaban J connectivity index is 2.57. The number of carbonyl (C=O) groups excluding carboxylic acids is 1. The van der Waals surface area contributed by atoms with Crippen molar-refractivity contribution < 1.29 is 24.5 Å². The average molecular weight is 238 g/mol. The Hall–Kier alpha value is -1.59. The molecule has 0 amide bonds. The van der Waals surface area contributed by atoms with Crippen molar-refractivity contribution in [2.75, 3.05) is 7.11 Å².